The van der Waals surface area contributed by atoms with Crippen LogP contribution in [0.1, 0.15) is 24.8 Å². The van der Waals surface area contributed by atoms with Crippen LogP contribution >= 0.6 is 15.9 Å². The van der Waals surface area contributed by atoms with Gasteiger partial charge in [0.25, 0.3) is 5.91 Å². The van der Waals surface area contributed by atoms with E-state index in [0.29, 0.717) is 18.1 Å². The van der Waals surface area contributed by atoms with Crippen molar-refractivity contribution >= 4 is 27.9 Å². The van der Waals surface area contributed by atoms with Gasteiger partial charge in [0.05, 0.1) is 0 Å². The highest BCUT2D eigenvalue weighted by Crippen LogP contribution is 2.48. The number of carbonyl (C=O) groups is 2. The molecule has 2 N–H and O–H groups in total. The number of imide groups is 1. The highest BCUT2D eigenvalue weighted by Gasteiger charge is 2.55. The van der Waals surface area contributed by atoms with Crippen molar-refractivity contribution in [1.29, 1.82) is 0 Å². The first-order valence-electron chi connectivity index (χ1n) is 6.69. The number of rotatable bonds is 1. The summed E-state index contributed by atoms with van der Waals surface area (Å²) < 4.78 is 6.89. The van der Waals surface area contributed by atoms with Crippen LogP contribution in [-0.2, 0) is 10.3 Å². The second-order valence-corrected chi connectivity index (χ2v) is 6.57. The molecule has 0 aromatic heterocycles. The first-order chi connectivity index (χ1) is 9.58. The Balaban J connectivity index is 1.86. The molecule has 1 aliphatic carbocycles. The predicted octanol–water partition coefficient (Wildman–Crippen LogP) is 2.04. The van der Waals surface area contributed by atoms with E-state index in [4.69, 9.17) is 4.74 Å². The fraction of sp³-hybridized carbons (Fsp3) is 0.429. The van der Waals surface area contributed by atoms with Crippen molar-refractivity contribution in [2.75, 3.05) is 0 Å². The van der Waals surface area contributed by atoms with Crippen molar-refractivity contribution < 1.29 is 14.3 Å². The number of halogens is 1. The van der Waals surface area contributed by atoms with E-state index in [2.05, 4.69) is 26.6 Å². The lowest BCUT2D eigenvalue weighted by Crippen LogP contribution is -2.50. The van der Waals surface area contributed by atoms with Gasteiger partial charge >= 0.3 is 6.03 Å². The minimum Gasteiger partial charge on any atom is -0.490 e. The standard InChI is InChI=1S/C14H13BrN2O3/c15-8-3-4-10-9(5-8)14(12(18)16-13(19)17-14)6-11(20-10)7-1-2-7/h3-5,7,11H,1-2,6H2,(H2,16,17,18,19). The molecule has 1 aromatic carbocycles. The van der Waals surface area contributed by atoms with Crippen molar-refractivity contribution in [3.8, 4) is 5.75 Å². The van der Waals surface area contributed by atoms with Crippen LogP contribution in [0.2, 0.25) is 0 Å². The van der Waals surface area contributed by atoms with Crippen molar-refractivity contribution in [3.05, 3.63) is 28.2 Å². The quantitative estimate of drug-likeness (QED) is 0.771. The maximum Gasteiger partial charge on any atom is 0.322 e. The maximum atomic E-state index is 12.4. The molecule has 2 atom stereocenters. The van der Waals surface area contributed by atoms with Gasteiger partial charge in [-0.15, -0.1) is 0 Å². The van der Waals surface area contributed by atoms with Crippen molar-refractivity contribution in [2.24, 2.45) is 5.92 Å². The molecule has 1 saturated heterocycles. The number of amides is 3. The second kappa shape index (κ2) is 3.97. The Kier molecular flexibility index (Phi) is 2.42. The molecular formula is C14H13BrN2O3. The summed E-state index contributed by atoms with van der Waals surface area (Å²) in [7, 11) is 0. The molecule has 6 heteroatoms. The zero-order valence-electron chi connectivity index (χ0n) is 10.6. The zero-order chi connectivity index (χ0) is 13.9. The summed E-state index contributed by atoms with van der Waals surface area (Å²) in [6.45, 7) is 0. The fourth-order valence-electron chi connectivity index (χ4n) is 3.11. The number of benzene rings is 1. The van der Waals surface area contributed by atoms with E-state index < -0.39 is 11.6 Å². The Labute approximate surface area is 124 Å². The molecule has 1 saturated carbocycles. The van der Waals surface area contributed by atoms with E-state index in [1.54, 1.807) is 0 Å². The zero-order valence-corrected chi connectivity index (χ0v) is 12.2. The molecule has 2 fully saturated rings. The largest absolute Gasteiger partial charge is 0.490 e. The molecule has 104 valence electrons. The van der Waals surface area contributed by atoms with Gasteiger partial charge in [-0.1, -0.05) is 15.9 Å². The number of urea groups is 1. The number of fused-ring (bicyclic) bond motifs is 2. The SMILES string of the molecule is O=C1NC(=O)C2(CC(C3CC3)Oc3ccc(Br)cc32)N1. The molecule has 3 amide bonds. The van der Waals surface area contributed by atoms with Crippen LogP contribution in [0.25, 0.3) is 0 Å². The summed E-state index contributed by atoms with van der Waals surface area (Å²) in [5.74, 6) is 0.901. The molecule has 1 spiro atoms. The van der Waals surface area contributed by atoms with E-state index >= 15 is 0 Å². The van der Waals surface area contributed by atoms with Crippen molar-refractivity contribution in [1.82, 2.24) is 10.6 Å². The highest BCUT2D eigenvalue weighted by atomic mass is 79.9. The van der Waals surface area contributed by atoms with Crippen molar-refractivity contribution in [3.63, 3.8) is 0 Å². The van der Waals surface area contributed by atoms with Gasteiger partial charge in [-0.25, -0.2) is 4.79 Å². The molecule has 0 radical (unpaired) electrons. The van der Waals surface area contributed by atoms with E-state index in [9.17, 15) is 9.59 Å². The molecule has 20 heavy (non-hydrogen) atoms. The molecule has 2 aliphatic heterocycles. The summed E-state index contributed by atoms with van der Waals surface area (Å²) in [5.41, 5.74) is -0.256. The predicted molar refractivity (Wildman–Crippen MR) is 74.3 cm³/mol. The molecule has 0 bridgehead atoms. The van der Waals surface area contributed by atoms with Gasteiger partial charge in [-0.3, -0.25) is 10.1 Å². The number of hydrogen-bond acceptors (Lipinski definition) is 3. The Morgan fingerprint density at radius 2 is 2.10 bits per heavy atom. The Bertz CT molecular complexity index is 629. The van der Waals surface area contributed by atoms with Crippen molar-refractivity contribution in [2.45, 2.75) is 30.9 Å². The second-order valence-electron chi connectivity index (χ2n) is 5.65. The van der Waals surface area contributed by atoms with Crippen LogP contribution in [0.15, 0.2) is 22.7 Å². The number of ether oxygens (including phenoxy) is 1. The lowest BCUT2D eigenvalue weighted by Gasteiger charge is -2.37. The third-order valence-corrected chi connectivity index (χ3v) is 4.77. The van der Waals surface area contributed by atoms with Gasteiger partial charge < -0.3 is 10.1 Å². The topological polar surface area (TPSA) is 67.4 Å². The third kappa shape index (κ3) is 1.67. The number of nitrogens with one attached hydrogen (secondary N) is 2. The molecule has 5 nitrogen and oxygen atoms in total. The average molecular weight is 337 g/mol. The maximum absolute atomic E-state index is 12.4. The fourth-order valence-corrected chi connectivity index (χ4v) is 3.47. The monoisotopic (exact) mass is 336 g/mol. The van der Waals surface area contributed by atoms with E-state index in [1.165, 1.54) is 0 Å². The average Bonchev–Trinajstić information content (AvgIpc) is 3.19. The summed E-state index contributed by atoms with van der Waals surface area (Å²) in [6, 6.07) is 5.16. The van der Waals surface area contributed by atoms with Gasteiger partial charge in [-0.05, 0) is 37.0 Å². The van der Waals surface area contributed by atoms with Gasteiger partial charge in [-0.2, -0.15) is 0 Å². The number of carbonyl (C=O) groups excluding carboxylic acids is 2. The molecular weight excluding hydrogens is 324 g/mol. The Hall–Kier alpha value is -1.56. The van der Waals surface area contributed by atoms with Crippen LogP contribution in [-0.4, -0.2) is 18.0 Å². The highest BCUT2D eigenvalue weighted by molar-refractivity contribution is 9.10. The van der Waals surface area contributed by atoms with E-state index in [1.807, 2.05) is 18.2 Å². The first-order valence-corrected chi connectivity index (χ1v) is 7.48. The molecule has 4 rings (SSSR count). The number of hydrogen-bond donors (Lipinski definition) is 2. The van der Waals surface area contributed by atoms with Crippen LogP contribution < -0.4 is 15.4 Å². The minimum absolute atomic E-state index is 0.00664. The summed E-state index contributed by atoms with van der Waals surface area (Å²) in [6.07, 6.45) is 2.75. The molecule has 2 unspecified atom stereocenters. The van der Waals surface area contributed by atoms with Crippen LogP contribution in [0, 0.1) is 5.92 Å². The van der Waals surface area contributed by atoms with Crippen LogP contribution in [0.4, 0.5) is 4.79 Å². The van der Waals surface area contributed by atoms with E-state index in [0.717, 1.165) is 22.9 Å². The Morgan fingerprint density at radius 3 is 2.75 bits per heavy atom. The minimum atomic E-state index is -0.984. The summed E-state index contributed by atoms with van der Waals surface area (Å²) >= 11 is 3.41. The smallest absolute Gasteiger partial charge is 0.322 e. The normalized spacial score (nSPS) is 31.6. The van der Waals surface area contributed by atoms with Gasteiger partial charge in [0.2, 0.25) is 0 Å². The van der Waals surface area contributed by atoms with E-state index in [-0.39, 0.29) is 12.0 Å². The lowest BCUT2D eigenvalue weighted by atomic mass is 9.81. The van der Waals surface area contributed by atoms with Crippen LogP contribution in [0.5, 0.6) is 5.75 Å². The van der Waals surface area contributed by atoms with Gasteiger partial charge in [0.1, 0.15) is 11.9 Å². The first kappa shape index (κ1) is 12.2. The lowest BCUT2D eigenvalue weighted by molar-refractivity contribution is -0.126. The molecule has 1 aromatic rings. The Morgan fingerprint density at radius 1 is 1.30 bits per heavy atom. The molecule has 2 heterocycles. The third-order valence-electron chi connectivity index (χ3n) is 4.28. The summed E-state index contributed by atoms with van der Waals surface area (Å²) in [5, 5.41) is 5.17. The summed E-state index contributed by atoms with van der Waals surface area (Å²) in [4.78, 5) is 24.0. The molecule has 3 aliphatic rings. The van der Waals surface area contributed by atoms with Gasteiger partial charge in [0.15, 0.2) is 5.54 Å². The van der Waals surface area contributed by atoms with Crippen LogP contribution in [0.3, 0.4) is 0 Å². The van der Waals surface area contributed by atoms with Gasteiger partial charge in [0, 0.05) is 16.5 Å².